The smallest absolute Gasteiger partial charge is 0.354 e. The third-order valence-corrected chi connectivity index (χ3v) is 1.95. The van der Waals surface area contributed by atoms with E-state index in [4.69, 9.17) is 5.11 Å². The van der Waals surface area contributed by atoms with E-state index in [0.29, 0.717) is 6.54 Å². The molecule has 2 aromatic heterocycles. The molecule has 0 aromatic carbocycles. The summed E-state index contributed by atoms with van der Waals surface area (Å²) >= 11 is 0. The van der Waals surface area contributed by atoms with Gasteiger partial charge in [-0.1, -0.05) is 0 Å². The van der Waals surface area contributed by atoms with Crippen LogP contribution in [0.3, 0.4) is 0 Å². The van der Waals surface area contributed by atoms with Crippen molar-refractivity contribution in [2.45, 2.75) is 6.54 Å². The zero-order valence-electron chi connectivity index (χ0n) is 7.87. The van der Waals surface area contributed by atoms with Gasteiger partial charge in [0.1, 0.15) is 5.69 Å². The Labute approximate surface area is 86.0 Å². The van der Waals surface area contributed by atoms with Crippen LogP contribution < -0.4 is 0 Å². The maximum atomic E-state index is 10.7. The molecule has 0 unspecified atom stereocenters. The summed E-state index contributed by atoms with van der Waals surface area (Å²) in [5, 5.41) is 12.8. The van der Waals surface area contributed by atoms with Crippen LogP contribution in [0.1, 0.15) is 16.1 Å². The molecule has 0 amide bonds. The monoisotopic (exact) mass is 203 g/mol. The van der Waals surface area contributed by atoms with Crippen LogP contribution in [-0.4, -0.2) is 25.8 Å². The van der Waals surface area contributed by atoms with E-state index in [9.17, 15) is 4.79 Å². The van der Waals surface area contributed by atoms with Crippen LogP contribution in [0.15, 0.2) is 36.8 Å². The van der Waals surface area contributed by atoms with E-state index in [0.717, 1.165) is 5.56 Å². The van der Waals surface area contributed by atoms with Gasteiger partial charge in [0.15, 0.2) is 0 Å². The first-order chi connectivity index (χ1) is 7.25. The van der Waals surface area contributed by atoms with Crippen molar-refractivity contribution in [1.29, 1.82) is 0 Å². The van der Waals surface area contributed by atoms with Crippen LogP contribution in [0, 0.1) is 0 Å². The second-order valence-electron chi connectivity index (χ2n) is 3.06. The molecule has 2 heterocycles. The number of aromatic carboxylic acids is 1. The summed E-state index contributed by atoms with van der Waals surface area (Å²) in [5.41, 5.74) is 0.922. The number of carbonyl (C=O) groups is 1. The number of rotatable bonds is 3. The first-order valence-electron chi connectivity index (χ1n) is 4.41. The van der Waals surface area contributed by atoms with Gasteiger partial charge >= 0.3 is 5.97 Å². The molecule has 0 aliphatic heterocycles. The van der Waals surface area contributed by atoms with Crippen molar-refractivity contribution in [3.05, 3.63) is 48.0 Å². The third kappa shape index (κ3) is 2.19. The third-order valence-electron chi connectivity index (χ3n) is 1.95. The van der Waals surface area contributed by atoms with Crippen molar-refractivity contribution < 1.29 is 9.90 Å². The number of carboxylic acids is 1. The number of nitrogens with zero attached hydrogens (tertiary/aromatic N) is 3. The van der Waals surface area contributed by atoms with Gasteiger partial charge in [-0.3, -0.25) is 4.68 Å². The molecule has 76 valence electrons. The second-order valence-corrected chi connectivity index (χ2v) is 3.06. The Kier molecular flexibility index (Phi) is 2.45. The molecule has 0 aliphatic rings. The predicted octanol–water partition coefficient (Wildman–Crippen LogP) is 1.02. The van der Waals surface area contributed by atoms with E-state index in [1.54, 1.807) is 23.0 Å². The first kappa shape index (κ1) is 9.39. The molecule has 5 heteroatoms. The van der Waals surface area contributed by atoms with Gasteiger partial charge in [-0.2, -0.15) is 5.10 Å². The minimum atomic E-state index is -1.02. The van der Waals surface area contributed by atoms with Crippen LogP contribution in [0.4, 0.5) is 0 Å². The second kappa shape index (κ2) is 3.91. The van der Waals surface area contributed by atoms with Crippen molar-refractivity contribution in [3.63, 3.8) is 0 Å². The lowest BCUT2D eigenvalue weighted by Crippen LogP contribution is -2.04. The molecular formula is C10H9N3O2. The molecule has 0 saturated heterocycles. The highest BCUT2D eigenvalue weighted by Crippen LogP contribution is 2.03. The minimum absolute atomic E-state index is 0.0552. The van der Waals surface area contributed by atoms with Gasteiger partial charge in [0, 0.05) is 18.6 Å². The summed E-state index contributed by atoms with van der Waals surface area (Å²) < 4.78 is 1.72. The average Bonchev–Trinajstić information content (AvgIpc) is 2.71. The van der Waals surface area contributed by atoms with Crippen molar-refractivity contribution >= 4 is 5.97 Å². The van der Waals surface area contributed by atoms with E-state index < -0.39 is 5.97 Å². The van der Waals surface area contributed by atoms with Crippen molar-refractivity contribution in [1.82, 2.24) is 14.8 Å². The Morgan fingerprint density at radius 1 is 1.47 bits per heavy atom. The van der Waals surface area contributed by atoms with E-state index in [2.05, 4.69) is 10.1 Å². The molecule has 15 heavy (non-hydrogen) atoms. The summed E-state index contributed by atoms with van der Waals surface area (Å²) in [6.45, 7) is 0.551. The lowest BCUT2D eigenvalue weighted by molar-refractivity contribution is 0.0690. The normalized spacial score (nSPS) is 10.1. The van der Waals surface area contributed by atoms with Gasteiger partial charge in [0.2, 0.25) is 0 Å². The van der Waals surface area contributed by atoms with Gasteiger partial charge in [0.25, 0.3) is 0 Å². The molecular weight excluding hydrogens is 194 g/mol. The lowest BCUT2D eigenvalue weighted by Gasteiger charge is -2.02. The molecule has 0 spiro atoms. The molecule has 2 aromatic rings. The Bertz CT molecular complexity index is 465. The van der Waals surface area contributed by atoms with Crippen molar-refractivity contribution in [2.75, 3.05) is 0 Å². The number of hydrogen-bond donors (Lipinski definition) is 1. The van der Waals surface area contributed by atoms with Crippen LogP contribution in [0.2, 0.25) is 0 Å². The molecule has 1 N–H and O–H groups in total. The molecule has 0 fully saturated rings. The molecule has 0 radical (unpaired) electrons. The highest BCUT2D eigenvalue weighted by atomic mass is 16.4. The molecule has 2 rings (SSSR count). The Hall–Kier alpha value is -2.17. The summed E-state index contributed by atoms with van der Waals surface area (Å²) in [6, 6.07) is 5.14. The number of carboxylic acid groups (broad SMARTS) is 1. The van der Waals surface area contributed by atoms with Gasteiger partial charge in [0.05, 0.1) is 6.54 Å². The topological polar surface area (TPSA) is 68.0 Å². The zero-order valence-corrected chi connectivity index (χ0v) is 7.87. The fourth-order valence-corrected chi connectivity index (χ4v) is 1.27. The largest absolute Gasteiger partial charge is 0.477 e. The Balaban J connectivity index is 2.22. The molecule has 0 bridgehead atoms. The Morgan fingerprint density at radius 3 is 3.00 bits per heavy atom. The van der Waals surface area contributed by atoms with E-state index in [1.807, 2.05) is 12.3 Å². The standard InChI is InChI=1S/C10H9N3O2/c14-10(15)9-6-8(2-4-11-9)7-13-5-1-3-12-13/h1-6H,7H2,(H,14,15). The maximum Gasteiger partial charge on any atom is 0.354 e. The number of hydrogen-bond acceptors (Lipinski definition) is 3. The predicted molar refractivity (Wildman–Crippen MR) is 52.5 cm³/mol. The van der Waals surface area contributed by atoms with E-state index in [-0.39, 0.29) is 5.69 Å². The first-order valence-corrected chi connectivity index (χ1v) is 4.41. The zero-order chi connectivity index (χ0) is 10.7. The van der Waals surface area contributed by atoms with Crippen molar-refractivity contribution in [2.24, 2.45) is 0 Å². The van der Waals surface area contributed by atoms with Gasteiger partial charge < -0.3 is 5.11 Å². The summed E-state index contributed by atoms with van der Waals surface area (Å²) in [4.78, 5) is 14.4. The Morgan fingerprint density at radius 2 is 2.33 bits per heavy atom. The van der Waals surface area contributed by atoms with Crippen LogP contribution in [0.25, 0.3) is 0 Å². The van der Waals surface area contributed by atoms with Crippen LogP contribution in [0.5, 0.6) is 0 Å². The quantitative estimate of drug-likeness (QED) is 0.808. The van der Waals surface area contributed by atoms with Gasteiger partial charge in [-0.15, -0.1) is 0 Å². The molecule has 5 nitrogen and oxygen atoms in total. The van der Waals surface area contributed by atoms with Gasteiger partial charge in [-0.05, 0) is 23.8 Å². The number of aromatic nitrogens is 3. The van der Waals surface area contributed by atoms with Gasteiger partial charge in [-0.25, -0.2) is 9.78 Å². The van der Waals surface area contributed by atoms with Crippen molar-refractivity contribution in [3.8, 4) is 0 Å². The van der Waals surface area contributed by atoms with E-state index in [1.165, 1.54) is 6.20 Å². The fraction of sp³-hybridized carbons (Fsp3) is 0.100. The number of pyridine rings is 1. The van der Waals surface area contributed by atoms with Crippen LogP contribution >= 0.6 is 0 Å². The SMILES string of the molecule is O=C(O)c1cc(Cn2cccn2)ccn1. The summed E-state index contributed by atoms with van der Waals surface area (Å²) in [6.07, 6.45) is 4.99. The maximum absolute atomic E-state index is 10.7. The van der Waals surface area contributed by atoms with Crippen LogP contribution in [-0.2, 0) is 6.54 Å². The summed E-state index contributed by atoms with van der Waals surface area (Å²) in [7, 11) is 0. The average molecular weight is 203 g/mol. The highest BCUT2D eigenvalue weighted by molar-refractivity contribution is 5.85. The molecule has 0 aliphatic carbocycles. The lowest BCUT2D eigenvalue weighted by atomic mass is 10.2. The minimum Gasteiger partial charge on any atom is -0.477 e. The molecule has 0 saturated carbocycles. The molecule has 0 atom stereocenters. The highest BCUT2D eigenvalue weighted by Gasteiger charge is 2.04. The fourth-order valence-electron chi connectivity index (χ4n) is 1.27. The van der Waals surface area contributed by atoms with E-state index >= 15 is 0 Å². The summed E-state index contributed by atoms with van der Waals surface area (Å²) in [5.74, 6) is -1.02.